The molecule has 1 fully saturated rings. The smallest absolute Gasteiger partial charge is 0.337 e. The Bertz CT molecular complexity index is 929. The predicted molar refractivity (Wildman–Crippen MR) is 111 cm³/mol. The lowest BCUT2D eigenvalue weighted by Crippen LogP contribution is -2.26. The minimum atomic E-state index is -0.292. The maximum Gasteiger partial charge on any atom is 0.337 e. The molecule has 1 saturated heterocycles. The molecule has 2 heterocycles. The molecule has 0 saturated carbocycles. The molecule has 4 rings (SSSR count). The molecule has 142 valence electrons. The van der Waals surface area contributed by atoms with Crippen LogP contribution in [-0.4, -0.2) is 30.7 Å². The molecule has 0 bridgehead atoms. The number of nitrogens with zero attached hydrogens (tertiary/aromatic N) is 1. The van der Waals surface area contributed by atoms with Gasteiger partial charge in [0.15, 0.2) is 0 Å². The molecule has 2 aromatic carbocycles. The van der Waals surface area contributed by atoms with Crippen LogP contribution in [0.15, 0.2) is 54.7 Å². The maximum absolute atomic E-state index is 11.8. The van der Waals surface area contributed by atoms with Crippen molar-refractivity contribution in [1.82, 2.24) is 9.88 Å². The summed E-state index contributed by atoms with van der Waals surface area (Å²) in [6.07, 6.45) is 4.68. The van der Waals surface area contributed by atoms with Crippen molar-refractivity contribution in [2.24, 2.45) is 0 Å². The summed E-state index contributed by atoms with van der Waals surface area (Å²) in [5.74, 6) is 0.323. The van der Waals surface area contributed by atoms with E-state index >= 15 is 0 Å². The predicted octanol–water partition coefficient (Wildman–Crippen LogP) is 4.37. The third-order valence-electron chi connectivity index (χ3n) is 5.30. The first-order chi connectivity index (χ1) is 12.8. The Labute approximate surface area is 165 Å². The van der Waals surface area contributed by atoms with E-state index in [1.165, 1.54) is 36.4 Å². The van der Waals surface area contributed by atoms with Crippen molar-refractivity contribution in [1.29, 1.82) is 0 Å². The van der Waals surface area contributed by atoms with E-state index < -0.39 is 0 Å². The van der Waals surface area contributed by atoms with Crippen LogP contribution in [0.25, 0.3) is 10.9 Å². The molecule has 0 spiro atoms. The van der Waals surface area contributed by atoms with Gasteiger partial charge in [-0.15, -0.1) is 12.4 Å². The molecule has 1 aliphatic heterocycles. The number of piperidine rings is 1. The lowest BCUT2D eigenvalue weighted by atomic mass is 9.90. The van der Waals surface area contributed by atoms with Crippen molar-refractivity contribution in [2.45, 2.75) is 25.3 Å². The van der Waals surface area contributed by atoms with Crippen molar-refractivity contribution in [2.75, 3.05) is 20.2 Å². The number of para-hydroxylation sites is 1. The number of aromatic nitrogens is 1. The lowest BCUT2D eigenvalue weighted by Gasteiger charge is -2.22. The van der Waals surface area contributed by atoms with Gasteiger partial charge in [-0.25, -0.2) is 4.79 Å². The molecule has 1 aliphatic rings. The van der Waals surface area contributed by atoms with Gasteiger partial charge in [-0.3, -0.25) is 0 Å². The normalized spacial score (nSPS) is 14.7. The number of ether oxygens (including phenoxy) is 1. The molecule has 5 heteroatoms. The highest BCUT2D eigenvalue weighted by molar-refractivity contribution is 5.89. The zero-order valence-electron chi connectivity index (χ0n) is 15.5. The average molecular weight is 385 g/mol. The molecule has 1 aromatic heterocycles. The standard InChI is InChI=1S/C22H24N2O2.ClH/c1-26-22(25)18-6-4-5-16(13-18)14-24-15-20(17-9-11-23-12-10-17)19-7-2-3-8-21(19)24;/h2-8,13,15,17,23H,9-12,14H2,1H3;1H. The van der Waals surface area contributed by atoms with Crippen LogP contribution >= 0.6 is 12.4 Å². The van der Waals surface area contributed by atoms with Gasteiger partial charge in [0, 0.05) is 23.6 Å². The largest absolute Gasteiger partial charge is 0.465 e. The molecule has 4 nitrogen and oxygen atoms in total. The first kappa shape index (κ1) is 19.5. The van der Waals surface area contributed by atoms with Gasteiger partial charge in [0.1, 0.15) is 0 Å². The number of hydrogen-bond donors (Lipinski definition) is 1. The number of rotatable bonds is 4. The van der Waals surface area contributed by atoms with Crippen LogP contribution in [0.3, 0.4) is 0 Å². The van der Waals surface area contributed by atoms with Crippen molar-refractivity contribution >= 4 is 29.3 Å². The Kier molecular flexibility index (Phi) is 6.19. The summed E-state index contributed by atoms with van der Waals surface area (Å²) in [5.41, 5.74) is 4.40. The first-order valence-corrected chi connectivity index (χ1v) is 9.22. The highest BCUT2D eigenvalue weighted by Gasteiger charge is 2.20. The summed E-state index contributed by atoms with van der Waals surface area (Å²) in [5, 5.41) is 4.80. The SMILES string of the molecule is COC(=O)c1cccc(Cn2cc(C3CCNCC3)c3ccccc32)c1.Cl. The molecule has 0 atom stereocenters. The summed E-state index contributed by atoms with van der Waals surface area (Å²) < 4.78 is 7.15. The molecule has 27 heavy (non-hydrogen) atoms. The summed E-state index contributed by atoms with van der Waals surface area (Å²) in [6, 6.07) is 16.3. The summed E-state index contributed by atoms with van der Waals surface area (Å²) >= 11 is 0. The van der Waals surface area contributed by atoms with Crippen LogP contribution in [0.1, 0.15) is 40.2 Å². The number of nitrogens with one attached hydrogen (secondary N) is 1. The minimum Gasteiger partial charge on any atom is -0.465 e. The molecule has 3 aromatic rings. The van der Waals surface area contributed by atoms with E-state index in [2.05, 4.69) is 46.4 Å². The fourth-order valence-electron chi connectivity index (χ4n) is 3.98. The zero-order valence-corrected chi connectivity index (χ0v) is 16.3. The highest BCUT2D eigenvalue weighted by atomic mass is 35.5. The molecule has 0 amide bonds. The highest BCUT2D eigenvalue weighted by Crippen LogP contribution is 2.33. The average Bonchev–Trinajstić information content (AvgIpc) is 3.07. The first-order valence-electron chi connectivity index (χ1n) is 9.22. The second kappa shape index (κ2) is 8.59. The van der Waals surface area contributed by atoms with Gasteiger partial charge in [0.05, 0.1) is 12.7 Å². The van der Waals surface area contributed by atoms with Crippen molar-refractivity contribution in [3.8, 4) is 0 Å². The van der Waals surface area contributed by atoms with E-state index in [4.69, 9.17) is 4.74 Å². The second-order valence-electron chi connectivity index (χ2n) is 6.95. The Morgan fingerprint density at radius 2 is 1.93 bits per heavy atom. The quantitative estimate of drug-likeness (QED) is 0.679. The fourth-order valence-corrected chi connectivity index (χ4v) is 3.98. The Morgan fingerprint density at radius 3 is 2.70 bits per heavy atom. The third-order valence-corrected chi connectivity index (χ3v) is 5.30. The Hall–Kier alpha value is -2.30. The number of benzene rings is 2. The van der Waals surface area contributed by atoms with E-state index in [1.807, 2.05) is 12.1 Å². The van der Waals surface area contributed by atoms with E-state index in [1.54, 1.807) is 6.07 Å². The molecule has 0 radical (unpaired) electrons. The molecular weight excluding hydrogens is 360 g/mol. The Morgan fingerprint density at radius 1 is 1.15 bits per heavy atom. The molecule has 0 aliphatic carbocycles. The van der Waals surface area contributed by atoms with Crippen LogP contribution in [0.2, 0.25) is 0 Å². The van der Waals surface area contributed by atoms with Crippen LogP contribution in [-0.2, 0) is 11.3 Å². The number of halogens is 1. The van der Waals surface area contributed by atoms with Crippen LogP contribution in [0.5, 0.6) is 0 Å². The third kappa shape index (κ3) is 4.02. The van der Waals surface area contributed by atoms with Crippen LogP contribution < -0.4 is 5.32 Å². The summed E-state index contributed by atoms with van der Waals surface area (Å²) in [6.45, 7) is 2.92. The van der Waals surface area contributed by atoms with E-state index in [0.717, 1.165) is 25.2 Å². The van der Waals surface area contributed by atoms with Gasteiger partial charge < -0.3 is 14.6 Å². The van der Waals surface area contributed by atoms with Crippen LogP contribution in [0, 0.1) is 0 Å². The number of carbonyl (C=O) groups excluding carboxylic acids is 1. The van der Waals surface area contributed by atoms with Gasteiger partial charge in [-0.1, -0.05) is 30.3 Å². The Balaban J connectivity index is 0.00000210. The number of carbonyl (C=O) groups is 1. The van der Waals surface area contributed by atoms with E-state index in [9.17, 15) is 4.79 Å². The van der Waals surface area contributed by atoms with Gasteiger partial charge >= 0.3 is 5.97 Å². The van der Waals surface area contributed by atoms with Gasteiger partial charge in [-0.05, 0) is 61.2 Å². The summed E-state index contributed by atoms with van der Waals surface area (Å²) in [7, 11) is 1.42. The van der Waals surface area contributed by atoms with Crippen molar-refractivity contribution in [3.63, 3.8) is 0 Å². The number of fused-ring (bicyclic) bond motifs is 1. The zero-order chi connectivity index (χ0) is 17.9. The lowest BCUT2D eigenvalue weighted by molar-refractivity contribution is 0.0600. The number of methoxy groups -OCH3 is 1. The van der Waals surface area contributed by atoms with Gasteiger partial charge in [0.2, 0.25) is 0 Å². The molecule has 1 N–H and O–H groups in total. The number of hydrogen-bond acceptors (Lipinski definition) is 3. The van der Waals surface area contributed by atoms with Crippen LogP contribution in [0.4, 0.5) is 0 Å². The molecule has 0 unspecified atom stereocenters. The second-order valence-corrected chi connectivity index (χ2v) is 6.95. The van der Waals surface area contributed by atoms with Crippen molar-refractivity contribution in [3.05, 3.63) is 71.4 Å². The topological polar surface area (TPSA) is 43.3 Å². The van der Waals surface area contributed by atoms with E-state index in [-0.39, 0.29) is 18.4 Å². The minimum absolute atomic E-state index is 0. The number of esters is 1. The van der Waals surface area contributed by atoms with Gasteiger partial charge in [0.25, 0.3) is 0 Å². The fraction of sp³-hybridized carbons (Fsp3) is 0.318. The van der Waals surface area contributed by atoms with Gasteiger partial charge in [-0.2, -0.15) is 0 Å². The molecular formula is C22H25ClN2O2. The monoisotopic (exact) mass is 384 g/mol. The maximum atomic E-state index is 11.8. The van der Waals surface area contributed by atoms with Crippen molar-refractivity contribution < 1.29 is 9.53 Å². The van der Waals surface area contributed by atoms with E-state index in [0.29, 0.717) is 11.5 Å². The summed E-state index contributed by atoms with van der Waals surface area (Å²) in [4.78, 5) is 11.8.